The second kappa shape index (κ2) is 5.27. The Kier molecular flexibility index (Phi) is 3.72. The number of rotatable bonds is 3. The van der Waals surface area contributed by atoms with E-state index in [2.05, 4.69) is 23.8 Å². The molecule has 0 aliphatic heterocycles. The Morgan fingerprint density at radius 1 is 1.06 bits per heavy atom. The molecule has 3 heteroatoms. The van der Waals surface area contributed by atoms with Gasteiger partial charge in [-0.3, -0.25) is 0 Å². The number of hydrogen-bond acceptors (Lipinski definition) is 3. The third-order valence-corrected chi connectivity index (χ3v) is 2.92. The maximum absolute atomic E-state index is 6.23. The molecule has 94 valence electrons. The van der Waals surface area contributed by atoms with Crippen molar-refractivity contribution >= 4 is 0 Å². The van der Waals surface area contributed by atoms with Gasteiger partial charge in [0.25, 0.3) is 0 Å². The molecule has 0 aliphatic carbocycles. The highest BCUT2D eigenvalue weighted by molar-refractivity contribution is 5.25. The van der Waals surface area contributed by atoms with E-state index >= 15 is 0 Å². The Bertz CT molecular complexity index is 521. The van der Waals surface area contributed by atoms with Crippen LogP contribution in [0.5, 0.6) is 0 Å². The molecule has 0 bridgehead atoms. The largest absolute Gasteiger partial charge is 0.318 e. The molecule has 1 aromatic carbocycles. The molecule has 2 rings (SSSR count). The molecular formula is C15H19N3. The zero-order valence-electron chi connectivity index (χ0n) is 11.1. The lowest BCUT2D eigenvalue weighted by molar-refractivity contribution is 0.726. The number of aromatic nitrogens is 2. The van der Waals surface area contributed by atoms with Gasteiger partial charge in [-0.05, 0) is 24.5 Å². The molecule has 0 saturated heterocycles. The van der Waals surface area contributed by atoms with Crippen molar-refractivity contribution in [1.82, 2.24) is 9.97 Å². The van der Waals surface area contributed by atoms with E-state index in [1.54, 1.807) is 0 Å². The van der Waals surface area contributed by atoms with Crippen LogP contribution in [-0.4, -0.2) is 9.97 Å². The van der Waals surface area contributed by atoms with Gasteiger partial charge in [-0.25, -0.2) is 9.97 Å². The predicted molar refractivity (Wildman–Crippen MR) is 73.3 cm³/mol. The van der Waals surface area contributed by atoms with Crippen molar-refractivity contribution in [3.8, 4) is 0 Å². The summed E-state index contributed by atoms with van der Waals surface area (Å²) < 4.78 is 0. The summed E-state index contributed by atoms with van der Waals surface area (Å²) in [4.78, 5) is 9.03. The van der Waals surface area contributed by atoms with Crippen LogP contribution in [0.2, 0.25) is 0 Å². The van der Waals surface area contributed by atoms with E-state index in [4.69, 9.17) is 5.73 Å². The standard InChI is InChI=1S/C15H19N3/c1-10(2)13-9-11(3)17-15(18-13)14(16)12-7-5-4-6-8-12/h4-10,14H,16H2,1-3H3. The average Bonchev–Trinajstić information content (AvgIpc) is 2.38. The van der Waals surface area contributed by atoms with Crippen LogP contribution in [-0.2, 0) is 0 Å². The fourth-order valence-electron chi connectivity index (χ4n) is 1.86. The summed E-state index contributed by atoms with van der Waals surface area (Å²) in [6, 6.07) is 11.7. The van der Waals surface area contributed by atoms with Gasteiger partial charge in [0.05, 0.1) is 6.04 Å². The lowest BCUT2D eigenvalue weighted by Crippen LogP contribution is -2.17. The van der Waals surface area contributed by atoms with Gasteiger partial charge in [0.1, 0.15) is 5.82 Å². The summed E-state index contributed by atoms with van der Waals surface area (Å²) in [5.41, 5.74) is 9.28. The monoisotopic (exact) mass is 241 g/mol. The van der Waals surface area contributed by atoms with Crippen molar-refractivity contribution in [2.75, 3.05) is 0 Å². The Hall–Kier alpha value is -1.74. The molecule has 18 heavy (non-hydrogen) atoms. The fourth-order valence-corrected chi connectivity index (χ4v) is 1.86. The smallest absolute Gasteiger partial charge is 0.150 e. The lowest BCUT2D eigenvalue weighted by atomic mass is 10.1. The molecule has 0 spiro atoms. The lowest BCUT2D eigenvalue weighted by Gasteiger charge is -2.14. The van der Waals surface area contributed by atoms with E-state index in [0.717, 1.165) is 17.0 Å². The topological polar surface area (TPSA) is 51.8 Å². The minimum absolute atomic E-state index is 0.261. The predicted octanol–water partition coefficient (Wildman–Crippen LogP) is 2.96. The van der Waals surface area contributed by atoms with Crippen LogP contribution in [0.4, 0.5) is 0 Å². The fraction of sp³-hybridized carbons (Fsp3) is 0.333. The Morgan fingerprint density at radius 2 is 1.72 bits per heavy atom. The van der Waals surface area contributed by atoms with Gasteiger partial charge in [-0.15, -0.1) is 0 Å². The average molecular weight is 241 g/mol. The van der Waals surface area contributed by atoms with E-state index in [1.807, 2.05) is 43.3 Å². The molecule has 0 aliphatic rings. The second-order valence-electron chi connectivity index (χ2n) is 4.84. The van der Waals surface area contributed by atoms with E-state index in [0.29, 0.717) is 11.7 Å². The van der Waals surface area contributed by atoms with Crippen LogP contribution < -0.4 is 5.73 Å². The summed E-state index contributed by atoms with van der Waals surface area (Å²) in [6.45, 7) is 6.23. The molecule has 1 aromatic heterocycles. The van der Waals surface area contributed by atoms with Gasteiger partial charge in [0, 0.05) is 11.4 Å². The van der Waals surface area contributed by atoms with Crippen molar-refractivity contribution < 1.29 is 0 Å². The zero-order valence-corrected chi connectivity index (χ0v) is 11.1. The van der Waals surface area contributed by atoms with Gasteiger partial charge in [-0.1, -0.05) is 44.2 Å². The normalized spacial score (nSPS) is 12.7. The van der Waals surface area contributed by atoms with Gasteiger partial charge >= 0.3 is 0 Å². The first-order valence-electron chi connectivity index (χ1n) is 6.24. The van der Waals surface area contributed by atoms with E-state index in [-0.39, 0.29) is 6.04 Å². The van der Waals surface area contributed by atoms with Crippen molar-refractivity contribution in [2.24, 2.45) is 5.73 Å². The first kappa shape index (κ1) is 12.7. The van der Waals surface area contributed by atoms with E-state index in [1.165, 1.54) is 0 Å². The maximum Gasteiger partial charge on any atom is 0.150 e. The van der Waals surface area contributed by atoms with Crippen molar-refractivity contribution in [3.05, 3.63) is 59.2 Å². The van der Waals surface area contributed by atoms with Gasteiger partial charge in [0.2, 0.25) is 0 Å². The number of aryl methyl sites for hydroxylation is 1. The molecule has 1 heterocycles. The third kappa shape index (κ3) is 2.74. The Morgan fingerprint density at radius 3 is 2.33 bits per heavy atom. The summed E-state index contributed by atoms with van der Waals surface area (Å²) in [5, 5.41) is 0. The van der Waals surface area contributed by atoms with Gasteiger partial charge in [0.15, 0.2) is 0 Å². The molecule has 0 radical (unpaired) electrons. The highest BCUT2D eigenvalue weighted by atomic mass is 14.9. The first-order chi connectivity index (χ1) is 8.58. The van der Waals surface area contributed by atoms with E-state index < -0.39 is 0 Å². The van der Waals surface area contributed by atoms with E-state index in [9.17, 15) is 0 Å². The van der Waals surface area contributed by atoms with Gasteiger partial charge in [-0.2, -0.15) is 0 Å². The highest BCUT2D eigenvalue weighted by Gasteiger charge is 2.14. The van der Waals surface area contributed by atoms with Crippen LogP contribution in [0, 0.1) is 6.92 Å². The molecular weight excluding hydrogens is 222 g/mol. The van der Waals surface area contributed by atoms with Crippen LogP contribution in [0.1, 0.15) is 48.6 Å². The first-order valence-corrected chi connectivity index (χ1v) is 6.24. The molecule has 1 atom stereocenters. The van der Waals surface area contributed by atoms with Crippen LogP contribution >= 0.6 is 0 Å². The molecule has 1 unspecified atom stereocenters. The summed E-state index contributed by atoms with van der Waals surface area (Å²) in [5.74, 6) is 1.08. The summed E-state index contributed by atoms with van der Waals surface area (Å²) in [6.07, 6.45) is 0. The second-order valence-corrected chi connectivity index (χ2v) is 4.84. The quantitative estimate of drug-likeness (QED) is 0.898. The summed E-state index contributed by atoms with van der Waals surface area (Å²) in [7, 11) is 0. The van der Waals surface area contributed by atoms with Crippen molar-refractivity contribution in [2.45, 2.75) is 32.7 Å². The number of benzene rings is 1. The molecule has 2 N–H and O–H groups in total. The SMILES string of the molecule is Cc1cc(C(C)C)nc(C(N)c2ccccc2)n1. The highest BCUT2D eigenvalue weighted by Crippen LogP contribution is 2.19. The maximum atomic E-state index is 6.23. The van der Waals surface area contributed by atoms with Crippen LogP contribution in [0.15, 0.2) is 36.4 Å². The molecule has 0 saturated carbocycles. The Labute approximate surface area is 108 Å². The van der Waals surface area contributed by atoms with Crippen molar-refractivity contribution in [1.29, 1.82) is 0 Å². The zero-order chi connectivity index (χ0) is 13.1. The number of hydrogen-bond donors (Lipinski definition) is 1. The number of nitrogens with two attached hydrogens (primary N) is 1. The molecule has 3 nitrogen and oxygen atoms in total. The molecule has 0 fully saturated rings. The Balaban J connectivity index is 2.39. The van der Waals surface area contributed by atoms with Crippen LogP contribution in [0.3, 0.4) is 0 Å². The molecule has 0 amide bonds. The number of nitrogens with zero attached hydrogens (tertiary/aromatic N) is 2. The van der Waals surface area contributed by atoms with Gasteiger partial charge < -0.3 is 5.73 Å². The third-order valence-electron chi connectivity index (χ3n) is 2.92. The minimum Gasteiger partial charge on any atom is -0.318 e. The molecule has 2 aromatic rings. The summed E-state index contributed by atoms with van der Waals surface area (Å²) >= 11 is 0. The van der Waals surface area contributed by atoms with Crippen LogP contribution in [0.25, 0.3) is 0 Å². The minimum atomic E-state index is -0.261. The van der Waals surface area contributed by atoms with Crippen molar-refractivity contribution in [3.63, 3.8) is 0 Å².